The SMILES string of the molecule is C=C(C)CCOc1nc(NCC)nc(N2CCCCC2)n1. The van der Waals surface area contributed by atoms with Gasteiger partial charge in [0.25, 0.3) is 0 Å². The van der Waals surface area contributed by atoms with Crippen molar-refractivity contribution >= 4 is 11.9 Å². The zero-order chi connectivity index (χ0) is 15.1. The molecule has 0 bridgehead atoms. The molecular weight excluding hydrogens is 266 g/mol. The van der Waals surface area contributed by atoms with E-state index >= 15 is 0 Å². The molecule has 6 nitrogen and oxygen atoms in total. The maximum absolute atomic E-state index is 5.65. The molecule has 1 aliphatic heterocycles. The molecule has 0 saturated carbocycles. The third-order valence-electron chi connectivity index (χ3n) is 3.34. The van der Waals surface area contributed by atoms with Gasteiger partial charge in [-0.25, -0.2) is 0 Å². The van der Waals surface area contributed by atoms with Crippen molar-refractivity contribution in [3.8, 4) is 6.01 Å². The molecule has 2 rings (SSSR count). The summed E-state index contributed by atoms with van der Waals surface area (Å²) < 4.78 is 5.65. The van der Waals surface area contributed by atoms with Gasteiger partial charge in [0.15, 0.2) is 0 Å². The van der Waals surface area contributed by atoms with Gasteiger partial charge in [0.2, 0.25) is 11.9 Å². The van der Waals surface area contributed by atoms with E-state index in [1.165, 1.54) is 19.3 Å². The molecule has 21 heavy (non-hydrogen) atoms. The van der Waals surface area contributed by atoms with Crippen LogP contribution in [0.15, 0.2) is 12.2 Å². The Kier molecular flexibility index (Phi) is 5.78. The second kappa shape index (κ2) is 7.81. The van der Waals surface area contributed by atoms with Crippen LogP contribution in [-0.2, 0) is 0 Å². The highest BCUT2D eigenvalue weighted by atomic mass is 16.5. The minimum Gasteiger partial charge on any atom is -0.463 e. The van der Waals surface area contributed by atoms with E-state index < -0.39 is 0 Å². The maximum Gasteiger partial charge on any atom is 0.323 e. The molecular formula is C15H25N5O. The summed E-state index contributed by atoms with van der Waals surface area (Å²) in [5.74, 6) is 1.30. The van der Waals surface area contributed by atoms with Crippen LogP contribution >= 0.6 is 0 Å². The van der Waals surface area contributed by atoms with E-state index in [-0.39, 0.29) is 0 Å². The molecule has 0 atom stereocenters. The highest BCUT2D eigenvalue weighted by Gasteiger charge is 2.16. The molecule has 1 fully saturated rings. The second-order valence-electron chi connectivity index (χ2n) is 5.38. The standard InChI is InChI=1S/C15H25N5O/c1-4-16-13-17-14(20-9-6-5-7-10-20)19-15(18-13)21-11-8-12(2)3/h2,4-11H2,1,3H3,(H,16,17,18,19). The summed E-state index contributed by atoms with van der Waals surface area (Å²) in [4.78, 5) is 15.4. The van der Waals surface area contributed by atoms with E-state index in [4.69, 9.17) is 4.74 Å². The van der Waals surface area contributed by atoms with E-state index in [0.29, 0.717) is 24.5 Å². The van der Waals surface area contributed by atoms with Crippen LogP contribution in [0, 0.1) is 0 Å². The van der Waals surface area contributed by atoms with Crippen LogP contribution in [-0.4, -0.2) is 41.2 Å². The molecule has 1 aliphatic rings. The van der Waals surface area contributed by atoms with Gasteiger partial charge in [0.05, 0.1) is 6.61 Å². The van der Waals surface area contributed by atoms with Gasteiger partial charge in [-0.2, -0.15) is 15.0 Å². The first-order chi connectivity index (χ1) is 10.2. The van der Waals surface area contributed by atoms with Crippen LogP contribution in [0.1, 0.15) is 39.5 Å². The third-order valence-corrected chi connectivity index (χ3v) is 3.34. The fraction of sp³-hybridized carbons (Fsp3) is 0.667. The number of aromatic nitrogens is 3. The Hall–Kier alpha value is -1.85. The third kappa shape index (κ3) is 4.88. The van der Waals surface area contributed by atoms with Crippen LogP contribution < -0.4 is 15.0 Å². The van der Waals surface area contributed by atoms with Crippen molar-refractivity contribution < 1.29 is 4.74 Å². The summed E-state index contributed by atoms with van der Waals surface area (Å²) in [5.41, 5.74) is 1.09. The monoisotopic (exact) mass is 291 g/mol. The summed E-state index contributed by atoms with van der Waals surface area (Å²) in [6.07, 6.45) is 4.47. The van der Waals surface area contributed by atoms with Crippen LogP contribution in [0.25, 0.3) is 0 Å². The molecule has 0 spiro atoms. The van der Waals surface area contributed by atoms with Gasteiger partial charge in [-0.15, -0.1) is 6.58 Å². The van der Waals surface area contributed by atoms with Crippen molar-refractivity contribution in [2.24, 2.45) is 0 Å². The normalized spacial score (nSPS) is 14.9. The van der Waals surface area contributed by atoms with Gasteiger partial charge in [0, 0.05) is 26.1 Å². The Labute approximate surface area is 126 Å². The van der Waals surface area contributed by atoms with Gasteiger partial charge < -0.3 is 15.0 Å². The summed E-state index contributed by atoms with van der Waals surface area (Å²) >= 11 is 0. The highest BCUT2D eigenvalue weighted by molar-refractivity contribution is 5.38. The second-order valence-corrected chi connectivity index (χ2v) is 5.38. The molecule has 1 aromatic rings. The van der Waals surface area contributed by atoms with Crippen molar-refractivity contribution in [1.29, 1.82) is 0 Å². The lowest BCUT2D eigenvalue weighted by Crippen LogP contribution is -2.31. The lowest BCUT2D eigenvalue weighted by Gasteiger charge is -2.26. The van der Waals surface area contributed by atoms with Gasteiger partial charge >= 0.3 is 6.01 Å². The van der Waals surface area contributed by atoms with Crippen molar-refractivity contribution in [3.63, 3.8) is 0 Å². The van der Waals surface area contributed by atoms with Crippen LogP contribution in [0.3, 0.4) is 0 Å². The molecule has 1 N–H and O–H groups in total. The predicted molar refractivity (Wildman–Crippen MR) is 85.0 cm³/mol. The van der Waals surface area contributed by atoms with Crippen molar-refractivity contribution in [2.75, 3.05) is 36.5 Å². The first kappa shape index (κ1) is 15.5. The van der Waals surface area contributed by atoms with Crippen LogP contribution in [0.4, 0.5) is 11.9 Å². The molecule has 1 aromatic heterocycles. The molecule has 2 heterocycles. The van der Waals surface area contributed by atoms with E-state index in [1.54, 1.807) is 0 Å². The number of nitrogens with one attached hydrogen (secondary N) is 1. The molecule has 0 unspecified atom stereocenters. The molecule has 116 valence electrons. The number of hydrogen-bond acceptors (Lipinski definition) is 6. The summed E-state index contributed by atoms with van der Waals surface area (Å²) in [6.45, 7) is 11.2. The molecule has 0 aromatic carbocycles. The van der Waals surface area contributed by atoms with Crippen molar-refractivity contribution in [1.82, 2.24) is 15.0 Å². The van der Waals surface area contributed by atoms with Crippen molar-refractivity contribution in [2.45, 2.75) is 39.5 Å². The summed E-state index contributed by atoms with van der Waals surface area (Å²) in [7, 11) is 0. The van der Waals surface area contributed by atoms with E-state index in [2.05, 4.69) is 31.7 Å². The van der Waals surface area contributed by atoms with E-state index in [0.717, 1.165) is 31.6 Å². The first-order valence-corrected chi connectivity index (χ1v) is 7.71. The molecule has 6 heteroatoms. The number of rotatable bonds is 7. The molecule has 0 radical (unpaired) electrons. The number of anilines is 2. The lowest BCUT2D eigenvalue weighted by molar-refractivity contribution is 0.295. The quantitative estimate of drug-likeness (QED) is 0.779. The average Bonchev–Trinajstić information content (AvgIpc) is 2.48. The Morgan fingerprint density at radius 1 is 1.24 bits per heavy atom. The Bertz CT molecular complexity index is 471. The fourth-order valence-corrected chi connectivity index (χ4v) is 2.20. The minimum atomic E-state index is 0.391. The van der Waals surface area contributed by atoms with Gasteiger partial charge in [-0.05, 0) is 33.1 Å². The molecule has 0 aliphatic carbocycles. The highest BCUT2D eigenvalue weighted by Crippen LogP contribution is 2.19. The number of nitrogens with zero attached hydrogens (tertiary/aromatic N) is 4. The zero-order valence-corrected chi connectivity index (χ0v) is 13.1. The summed E-state index contributed by atoms with van der Waals surface area (Å²) in [5, 5.41) is 3.14. The predicted octanol–water partition coefficient (Wildman–Crippen LogP) is 2.64. The topological polar surface area (TPSA) is 63.2 Å². The number of piperidine rings is 1. The van der Waals surface area contributed by atoms with Crippen LogP contribution in [0.5, 0.6) is 6.01 Å². The minimum absolute atomic E-state index is 0.391. The zero-order valence-electron chi connectivity index (χ0n) is 13.1. The van der Waals surface area contributed by atoms with Crippen LogP contribution in [0.2, 0.25) is 0 Å². The lowest BCUT2D eigenvalue weighted by atomic mass is 10.1. The maximum atomic E-state index is 5.65. The van der Waals surface area contributed by atoms with E-state index in [1.807, 2.05) is 13.8 Å². The largest absolute Gasteiger partial charge is 0.463 e. The Morgan fingerprint density at radius 3 is 2.67 bits per heavy atom. The average molecular weight is 291 g/mol. The smallest absolute Gasteiger partial charge is 0.323 e. The first-order valence-electron chi connectivity index (χ1n) is 7.71. The van der Waals surface area contributed by atoms with Gasteiger partial charge in [-0.1, -0.05) is 5.57 Å². The van der Waals surface area contributed by atoms with E-state index in [9.17, 15) is 0 Å². The number of hydrogen-bond donors (Lipinski definition) is 1. The van der Waals surface area contributed by atoms with Gasteiger partial charge in [0.1, 0.15) is 0 Å². The fourth-order valence-electron chi connectivity index (χ4n) is 2.20. The molecule has 1 saturated heterocycles. The molecule has 0 amide bonds. The summed E-state index contributed by atoms with van der Waals surface area (Å²) in [6, 6.07) is 0.391. The Balaban J connectivity index is 2.10. The Morgan fingerprint density at radius 2 is 2.00 bits per heavy atom. The van der Waals surface area contributed by atoms with Gasteiger partial charge in [-0.3, -0.25) is 0 Å². The van der Waals surface area contributed by atoms with Crippen molar-refractivity contribution in [3.05, 3.63) is 12.2 Å². The number of ether oxygens (including phenoxy) is 1.